The lowest BCUT2D eigenvalue weighted by Gasteiger charge is -2.50. The van der Waals surface area contributed by atoms with Crippen LogP contribution in [0, 0.1) is 34.5 Å². The molecule has 19 heavy (non-hydrogen) atoms. The van der Waals surface area contributed by atoms with Gasteiger partial charge in [0, 0.05) is 0 Å². The highest BCUT2D eigenvalue weighted by Gasteiger charge is 3.02. The third-order valence-electron chi connectivity index (χ3n) is 8.78. The normalized spacial score (nSPS) is 73.1. The van der Waals surface area contributed by atoms with E-state index >= 15 is 0 Å². The summed E-state index contributed by atoms with van der Waals surface area (Å²) in [6.07, 6.45) is 4.19. The monoisotopic (exact) mass is 248 g/mol. The number of epoxide rings is 1. The molecular weight excluding hydrogens is 232 g/mol. The average Bonchev–Trinajstić information content (AvgIpc) is 3.33. The van der Waals surface area contributed by atoms with E-state index in [1.54, 1.807) is 11.1 Å². The van der Waals surface area contributed by atoms with Gasteiger partial charge in [-0.05, 0) is 70.3 Å². The van der Waals surface area contributed by atoms with Crippen molar-refractivity contribution in [1.82, 2.24) is 0 Å². The maximum Gasteiger partial charge on any atom is 0.0848 e. The summed E-state index contributed by atoms with van der Waals surface area (Å²) in [6, 6.07) is 9.51. The van der Waals surface area contributed by atoms with Gasteiger partial charge in [-0.2, -0.15) is 0 Å². The third-order valence-corrected chi connectivity index (χ3v) is 8.78. The minimum atomic E-state index is 0.667. The molecule has 1 saturated heterocycles. The Morgan fingerprint density at radius 2 is 1.42 bits per heavy atom. The van der Waals surface area contributed by atoms with Gasteiger partial charge < -0.3 is 4.74 Å². The van der Waals surface area contributed by atoms with Gasteiger partial charge in [0.05, 0.1) is 12.2 Å². The molecule has 6 fully saturated rings. The van der Waals surface area contributed by atoms with Crippen molar-refractivity contribution in [2.24, 2.45) is 34.5 Å². The van der Waals surface area contributed by atoms with Gasteiger partial charge in [-0.25, -0.2) is 0 Å². The van der Waals surface area contributed by atoms with Gasteiger partial charge >= 0.3 is 0 Å². The van der Waals surface area contributed by atoms with E-state index in [-0.39, 0.29) is 0 Å². The predicted octanol–water partition coefficient (Wildman–Crippen LogP) is 2.92. The van der Waals surface area contributed by atoms with Crippen LogP contribution in [0.25, 0.3) is 0 Å². The van der Waals surface area contributed by atoms with E-state index in [0.29, 0.717) is 12.2 Å². The van der Waals surface area contributed by atoms with Gasteiger partial charge in [0.2, 0.25) is 0 Å². The molecule has 2 spiro atoms. The number of fused-ring (bicyclic) bond motifs is 1. The van der Waals surface area contributed by atoms with Crippen molar-refractivity contribution in [3.8, 4) is 0 Å². The minimum Gasteiger partial charge on any atom is -0.370 e. The number of rotatable bonds is 0. The number of hydrogen-bond acceptors (Lipinski definition) is 1. The zero-order valence-corrected chi connectivity index (χ0v) is 10.8. The van der Waals surface area contributed by atoms with Gasteiger partial charge in [0.25, 0.3) is 0 Å². The molecular formula is C18H16O. The van der Waals surface area contributed by atoms with Crippen LogP contribution in [0.5, 0.6) is 0 Å². The zero-order chi connectivity index (χ0) is 11.7. The summed E-state index contributed by atoms with van der Waals surface area (Å²) in [7, 11) is 0. The Hall–Kier alpha value is -0.820. The molecule has 9 rings (SSSR count). The van der Waals surface area contributed by atoms with E-state index < -0.39 is 0 Å². The number of hydrogen-bond donors (Lipinski definition) is 0. The molecule has 1 heterocycles. The number of ether oxygens (including phenoxy) is 1. The highest BCUT2D eigenvalue weighted by Crippen LogP contribution is 3.07. The maximum atomic E-state index is 5.96. The molecule has 0 N–H and O–H groups in total. The molecule has 1 nitrogen and oxygen atoms in total. The molecule has 5 saturated carbocycles. The molecule has 1 aliphatic heterocycles. The molecule has 2 bridgehead atoms. The fourth-order valence-electron chi connectivity index (χ4n) is 8.88. The van der Waals surface area contributed by atoms with Gasteiger partial charge in [0.1, 0.15) is 0 Å². The molecule has 7 aliphatic carbocycles. The highest BCUT2D eigenvalue weighted by molar-refractivity contribution is 5.63. The molecule has 0 amide bonds. The van der Waals surface area contributed by atoms with Gasteiger partial charge in [0.15, 0.2) is 0 Å². The van der Waals surface area contributed by atoms with Crippen molar-refractivity contribution in [2.75, 3.05) is 0 Å². The maximum absolute atomic E-state index is 5.96. The lowest BCUT2D eigenvalue weighted by Crippen LogP contribution is -2.43. The lowest BCUT2D eigenvalue weighted by atomic mass is 9.53. The standard InChI is InChI=1S/C18H16O/c1-2-4-8-7(3-1)14-11-12-13(11)16-17(14)5-9-10(19-9)6-18(16,17)15(8)12/h1-4,9-16H,5-6H2/t9-,10-,11-,12+,13?,14+,15-,16?,17+,18-/m1/s1. The van der Waals surface area contributed by atoms with Crippen molar-refractivity contribution >= 4 is 0 Å². The summed E-state index contributed by atoms with van der Waals surface area (Å²) < 4.78 is 5.96. The second kappa shape index (κ2) is 1.94. The summed E-state index contributed by atoms with van der Waals surface area (Å²) in [5.74, 6) is 6.34. The summed E-state index contributed by atoms with van der Waals surface area (Å²) in [6.45, 7) is 0. The first kappa shape index (κ1) is 8.46. The van der Waals surface area contributed by atoms with Crippen molar-refractivity contribution < 1.29 is 4.74 Å². The van der Waals surface area contributed by atoms with Crippen molar-refractivity contribution in [1.29, 1.82) is 0 Å². The van der Waals surface area contributed by atoms with Crippen LogP contribution in [-0.4, -0.2) is 12.2 Å². The second-order valence-electron chi connectivity index (χ2n) is 8.50. The molecule has 10 atom stereocenters. The summed E-state index contributed by atoms with van der Waals surface area (Å²) in [4.78, 5) is 0. The van der Waals surface area contributed by atoms with Crippen LogP contribution in [0.15, 0.2) is 24.3 Å². The second-order valence-corrected chi connectivity index (χ2v) is 8.50. The Balaban J connectivity index is 1.52. The van der Waals surface area contributed by atoms with Crippen LogP contribution >= 0.6 is 0 Å². The fourth-order valence-corrected chi connectivity index (χ4v) is 8.88. The Morgan fingerprint density at radius 1 is 0.842 bits per heavy atom. The molecule has 0 aromatic heterocycles. The minimum absolute atomic E-state index is 0.667. The Bertz CT molecular complexity index is 652. The van der Waals surface area contributed by atoms with Crippen LogP contribution in [0.1, 0.15) is 35.8 Å². The molecule has 1 aromatic carbocycles. The zero-order valence-electron chi connectivity index (χ0n) is 10.8. The third kappa shape index (κ3) is 0.521. The van der Waals surface area contributed by atoms with Crippen LogP contribution in [0.4, 0.5) is 0 Å². The Morgan fingerprint density at radius 3 is 2.00 bits per heavy atom. The fraction of sp³-hybridized carbons (Fsp3) is 0.667. The van der Waals surface area contributed by atoms with E-state index in [9.17, 15) is 0 Å². The van der Waals surface area contributed by atoms with E-state index in [0.717, 1.165) is 46.3 Å². The van der Waals surface area contributed by atoms with Crippen LogP contribution in [-0.2, 0) is 4.74 Å². The first-order valence-corrected chi connectivity index (χ1v) is 8.14. The molecule has 8 aliphatic rings. The van der Waals surface area contributed by atoms with E-state index in [2.05, 4.69) is 24.3 Å². The topological polar surface area (TPSA) is 12.5 Å². The van der Waals surface area contributed by atoms with E-state index in [4.69, 9.17) is 4.74 Å². The predicted molar refractivity (Wildman–Crippen MR) is 68.6 cm³/mol. The van der Waals surface area contributed by atoms with E-state index in [1.165, 1.54) is 12.8 Å². The Kier molecular flexibility index (Phi) is 0.863. The van der Waals surface area contributed by atoms with Crippen LogP contribution in [0.2, 0.25) is 0 Å². The summed E-state index contributed by atoms with van der Waals surface area (Å²) in [5, 5.41) is 0. The average molecular weight is 248 g/mol. The summed E-state index contributed by atoms with van der Waals surface area (Å²) >= 11 is 0. The first-order valence-electron chi connectivity index (χ1n) is 8.14. The smallest absolute Gasteiger partial charge is 0.0848 e. The lowest BCUT2D eigenvalue weighted by molar-refractivity contribution is 0.106. The van der Waals surface area contributed by atoms with Crippen molar-refractivity contribution in [2.45, 2.75) is 36.9 Å². The molecule has 94 valence electrons. The molecule has 1 heteroatoms. The van der Waals surface area contributed by atoms with Gasteiger partial charge in [-0.1, -0.05) is 24.3 Å². The number of benzene rings is 1. The SMILES string of the molecule is c1ccc2c(c1)[C@@H]1[C@@H]3C4C5[C@@]16C[C@H]1O[C@@H]1C[C@]56[C@@H]2[C@@H]43. The van der Waals surface area contributed by atoms with Crippen LogP contribution < -0.4 is 0 Å². The van der Waals surface area contributed by atoms with Crippen molar-refractivity contribution in [3.05, 3.63) is 35.4 Å². The highest BCUT2D eigenvalue weighted by atomic mass is 16.6. The van der Waals surface area contributed by atoms with Gasteiger partial charge in [-0.15, -0.1) is 0 Å². The Labute approximate surface area is 112 Å². The van der Waals surface area contributed by atoms with Crippen molar-refractivity contribution in [3.63, 3.8) is 0 Å². The largest absolute Gasteiger partial charge is 0.370 e. The molecule has 1 aromatic rings. The first-order chi connectivity index (χ1) is 9.39. The summed E-state index contributed by atoms with van der Waals surface area (Å²) in [5.41, 5.74) is 5.00. The van der Waals surface area contributed by atoms with Crippen LogP contribution in [0.3, 0.4) is 0 Å². The van der Waals surface area contributed by atoms with Gasteiger partial charge in [-0.3, -0.25) is 0 Å². The quantitative estimate of drug-likeness (QED) is 0.643. The van der Waals surface area contributed by atoms with E-state index in [1.807, 2.05) is 0 Å². The molecule has 0 radical (unpaired) electrons. The molecule has 2 unspecified atom stereocenters.